The summed E-state index contributed by atoms with van der Waals surface area (Å²) in [5.41, 5.74) is -2.25. The zero-order valence-corrected chi connectivity index (χ0v) is 14.3. The third kappa shape index (κ3) is 5.09. The molecule has 0 heterocycles. The highest BCUT2D eigenvalue weighted by molar-refractivity contribution is 6.32. The van der Waals surface area contributed by atoms with Crippen LogP contribution in [0.5, 0.6) is 11.5 Å². The predicted octanol–water partition coefficient (Wildman–Crippen LogP) is 5.78. The number of alkyl halides is 3. The molecule has 0 fully saturated rings. The summed E-state index contributed by atoms with van der Waals surface area (Å²) in [5.74, 6) is -1.83. The Labute approximate surface area is 150 Å². The molecule has 140 valence electrons. The maximum atomic E-state index is 12.6. The molecule has 0 atom stereocenters. The van der Waals surface area contributed by atoms with Crippen molar-refractivity contribution in [2.24, 2.45) is 0 Å². The Bertz CT molecular complexity index is 824. The van der Waals surface area contributed by atoms with Gasteiger partial charge in [0.25, 0.3) is 5.69 Å². The molecular formula is C16H13ClF3NO5. The van der Waals surface area contributed by atoms with Gasteiger partial charge in [0.1, 0.15) is 17.1 Å². The number of aromatic carboxylic acids is 1. The summed E-state index contributed by atoms with van der Waals surface area (Å²) in [5, 5.41) is 19.4. The molecule has 0 spiro atoms. The van der Waals surface area contributed by atoms with Gasteiger partial charge in [-0.2, -0.15) is 13.2 Å². The van der Waals surface area contributed by atoms with Crippen LogP contribution >= 0.6 is 11.6 Å². The minimum absolute atomic E-state index is 0.125. The summed E-state index contributed by atoms with van der Waals surface area (Å²) in [6, 6.07) is 5.27. The SMILES string of the molecule is CC.O=C(O)c1cc(Oc2ccc(C(F)(F)F)cc2Cl)ccc1[N+](=O)[O-]. The van der Waals surface area contributed by atoms with Crippen LogP contribution in [0.3, 0.4) is 0 Å². The highest BCUT2D eigenvalue weighted by Crippen LogP contribution is 2.37. The van der Waals surface area contributed by atoms with Gasteiger partial charge in [-0.15, -0.1) is 0 Å². The number of carboxylic acid groups (broad SMARTS) is 1. The number of ether oxygens (including phenoxy) is 1. The molecule has 0 aliphatic rings. The van der Waals surface area contributed by atoms with Crippen molar-refractivity contribution in [1.29, 1.82) is 0 Å². The van der Waals surface area contributed by atoms with Crippen molar-refractivity contribution in [1.82, 2.24) is 0 Å². The van der Waals surface area contributed by atoms with Crippen LogP contribution in [0.25, 0.3) is 0 Å². The second-order valence-electron chi connectivity index (χ2n) is 4.49. The summed E-state index contributed by atoms with van der Waals surface area (Å²) >= 11 is 5.72. The lowest BCUT2D eigenvalue weighted by molar-refractivity contribution is -0.385. The van der Waals surface area contributed by atoms with E-state index in [0.717, 1.165) is 30.3 Å². The van der Waals surface area contributed by atoms with Crippen LogP contribution in [0.1, 0.15) is 29.8 Å². The van der Waals surface area contributed by atoms with Crippen molar-refractivity contribution in [3.05, 3.63) is 62.7 Å². The molecule has 0 bridgehead atoms. The molecule has 0 saturated carbocycles. The van der Waals surface area contributed by atoms with Crippen molar-refractivity contribution in [2.45, 2.75) is 20.0 Å². The Kier molecular flexibility index (Phi) is 6.96. The molecular weight excluding hydrogens is 379 g/mol. The van der Waals surface area contributed by atoms with E-state index in [1.807, 2.05) is 13.8 Å². The van der Waals surface area contributed by atoms with Crippen LogP contribution in [0.2, 0.25) is 5.02 Å². The Balaban J connectivity index is 0.00000163. The second kappa shape index (κ2) is 8.52. The lowest BCUT2D eigenvalue weighted by atomic mass is 10.1. The first-order valence-corrected chi connectivity index (χ1v) is 7.53. The highest BCUT2D eigenvalue weighted by Gasteiger charge is 2.31. The molecule has 0 radical (unpaired) electrons. The molecule has 2 aromatic rings. The van der Waals surface area contributed by atoms with Gasteiger partial charge in [-0.05, 0) is 24.3 Å². The molecule has 0 aromatic heterocycles. The molecule has 0 unspecified atom stereocenters. The summed E-state index contributed by atoms with van der Waals surface area (Å²) in [4.78, 5) is 20.9. The Morgan fingerprint density at radius 1 is 1.19 bits per heavy atom. The molecule has 1 N–H and O–H groups in total. The van der Waals surface area contributed by atoms with Crippen LogP contribution in [-0.4, -0.2) is 16.0 Å². The van der Waals surface area contributed by atoms with Gasteiger partial charge in [0, 0.05) is 12.1 Å². The Morgan fingerprint density at radius 2 is 1.81 bits per heavy atom. The molecule has 2 rings (SSSR count). The topological polar surface area (TPSA) is 89.7 Å². The number of nitro benzene ring substituents is 1. The van der Waals surface area contributed by atoms with Gasteiger partial charge in [0.15, 0.2) is 0 Å². The summed E-state index contributed by atoms with van der Waals surface area (Å²) in [7, 11) is 0. The first-order valence-electron chi connectivity index (χ1n) is 7.16. The smallest absolute Gasteiger partial charge is 0.416 e. The fourth-order valence-electron chi connectivity index (χ4n) is 1.80. The van der Waals surface area contributed by atoms with E-state index in [4.69, 9.17) is 21.4 Å². The molecule has 0 saturated heterocycles. The third-order valence-electron chi connectivity index (χ3n) is 2.88. The van der Waals surface area contributed by atoms with Crippen LogP contribution in [0, 0.1) is 10.1 Å². The molecule has 0 aliphatic heterocycles. The van der Waals surface area contributed by atoms with E-state index in [0.29, 0.717) is 6.07 Å². The van der Waals surface area contributed by atoms with E-state index in [1.54, 1.807) is 0 Å². The Morgan fingerprint density at radius 3 is 2.27 bits per heavy atom. The van der Waals surface area contributed by atoms with Gasteiger partial charge in [-0.25, -0.2) is 4.79 Å². The van der Waals surface area contributed by atoms with Crippen molar-refractivity contribution in [3.8, 4) is 11.5 Å². The van der Waals surface area contributed by atoms with E-state index in [1.165, 1.54) is 0 Å². The van der Waals surface area contributed by atoms with Gasteiger partial charge in [0.2, 0.25) is 0 Å². The fourth-order valence-corrected chi connectivity index (χ4v) is 2.02. The van der Waals surface area contributed by atoms with Crippen LogP contribution < -0.4 is 4.74 Å². The van der Waals surface area contributed by atoms with Crippen LogP contribution in [0.15, 0.2) is 36.4 Å². The predicted molar refractivity (Wildman–Crippen MR) is 87.9 cm³/mol. The van der Waals surface area contributed by atoms with Gasteiger partial charge < -0.3 is 9.84 Å². The fraction of sp³-hybridized carbons (Fsp3) is 0.188. The molecule has 0 amide bonds. The number of rotatable bonds is 4. The quantitative estimate of drug-likeness (QED) is 0.526. The highest BCUT2D eigenvalue weighted by atomic mass is 35.5. The molecule has 10 heteroatoms. The average molecular weight is 392 g/mol. The Hall–Kier alpha value is -2.81. The number of nitro groups is 1. The van der Waals surface area contributed by atoms with E-state index >= 15 is 0 Å². The number of benzene rings is 2. The normalized spacial score (nSPS) is 10.5. The number of hydrogen-bond donors (Lipinski definition) is 1. The van der Waals surface area contributed by atoms with Crippen molar-refractivity contribution in [3.63, 3.8) is 0 Å². The summed E-state index contributed by atoms with van der Waals surface area (Å²) in [6.07, 6.45) is -4.58. The average Bonchev–Trinajstić information content (AvgIpc) is 2.57. The van der Waals surface area contributed by atoms with E-state index in [9.17, 15) is 28.1 Å². The largest absolute Gasteiger partial charge is 0.477 e. The summed E-state index contributed by atoms with van der Waals surface area (Å²) < 4.78 is 42.9. The van der Waals surface area contributed by atoms with E-state index in [2.05, 4.69) is 0 Å². The van der Waals surface area contributed by atoms with E-state index in [-0.39, 0.29) is 16.5 Å². The first kappa shape index (κ1) is 21.2. The number of carboxylic acids is 1. The van der Waals surface area contributed by atoms with Gasteiger partial charge in [-0.3, -0.25) is 10.1 Å². The van der Waals surface area contributed by atoms with Gasteiger partial charge in [-0.1, -0.05) is 25.4 Å². The second-order valence-corrected chi connectivity index (χ2v) is 4.89. The minimum atomic E-state index is -4.58. The zero-order chi connectivity index (χ0) is 20.1. The van der Waals surface area contributed by atoms with Crippen LogP contribution in [0.4, 0.5) is 18.9 Å². The number of carbonyl (C=O) groups is 1. The lowest BCUT2D eigenvalue weighted by Gasteiger charge is -2.11. The lowest BCUT2D eigenvalue weighted by Crippen LogP contribution is -2.05. The number of halogens is 4. The zero-order valence-electron chi connectivity index (χ0n) is 13.5. The third-order valence-corrected chi connectivity index (χ3v) is 3.18. The molecule has 0 aliphatic carbocycles. The van der Waals surface area contributed by atoms with Crippen molar-refractivity contribution < 1.29 is 32.7 Å². The number of hydrogen-bond acceptors (Lipinski definition) is 4. The van der Waals surface area contributed by atoms with E-state index < -0.39 is 33.9 Å². The first-order chi connectivity index (χ1) is 12.1. The molecule has 6 nitrogen and oxygen atoms in total. The molecule has 26 heavy (non-hydrogen) atoms. The number of nitrogens with zero attached hydrogens (tertiary/aromatic N) is 1. The van der Waals surface area contributed by atoms with Crippen molar-refractivity contribution >= 4 is 23.3 Å². The maximum Gasteiger partial charge on any atom is 0.416 e. The van der Waals surface area contributed by atoms with Gasteiger partial charge in [0.05, 0.1) is 15.5 Å². The minimum Gasteiger partial charge on any atom is -0.477 e. The monoisotopic (exact) mass is 391 g/mol. The van der Waals surface area contributed by atoms with Crippen LogP contribution in [-0.2, 0) is 6.18 Å². The van der Waals surface area contributed by atoms with Crippen molar-refractivity contribution in [2.75, 3.05) is 0 Å². The summed E-state index contributed by atoms with van der Waals surface area (Å²) in [6.45, 7) is 4.00. The van der Waals surface area contributed by atoms with Gasteiger partial charge >= 0.3 is 12.1 Å². The standard InChI is InChI=1S/C14H7ClF3NO5.C2H6/c15-10-5-7(14(16,17)18)1-4-12(10)24-8-2-3-11(19(22)23)9(6-8)13(20)21;1-2/h1-6H,(H,20,21);1-2H3. The maximum absolute atomic E-state index is 12.6. The molecule has 2 aromatic carbocycles.